The van der Waals surface area contributed by atoms with Gasteiger partial charge in [0.1, 0.15) is 0 Å². The first-order valence-corrected chi connectivity index (χ1v) is 5.65. The number of hydrogen-bond acceptors (Lipinski definition) is 4. The molecule has 0 saturated heterocycles. The number of rotatable bonds is 3. The molecule has 4 nitrogen and oxygen atoms in total. The molecule has 0 spiro atoms. The third kappa shape index (κ3) is 3.11. The van der Waals surface area contributed by atoms with Crippen molar-refractivity contribution in [2.24, 2.45) is 0 Å². The highest BCUT2D eigenvalue weighted by atomic mass is 19.4. The van der Waals surface area contributed by atoms with E-state index in [1.807, 2.05) is 0 Å². The van der Waals surface area contributed by atoms with E-state index >= 15 is 0 Å². The molecule has 7 heteroatoms. The molecule has 106 valence electrons. The molecule has 0 amide bonds. The van der Waals surface area contributed by atoms with Gasteiger partial charge in [0.2, 0.25) is 5.88 Å². The number of benzene rings is 1. The summed E-state index contributed by atoms with van der Waals surface area (Å²) in [6.07, 6.45) is -4.36. The van der Waals surface area contributed by atoms with Gasteiger partial charge >= 0.3 is 6.18 Å². The molecule has 0 fully saturated rings. The number of hydrogen-bond donors (Lipinski definition) is 2. The van der Waals surface area contributed by atoms with E-state index in [1.54, 1.807) is 12.1 Å². The summed E-state index contributed by atoms with van der Waals surface area (Å²) in [4.78, 5) is 4.08. The largest absolute Gasteiger partial charge is 0.481 e. The predicted molar refractivity (Wildman–Crippen MR) is 69.9 cm³/mol. The summed E-state index contributed by atoms with van der Waals surface area (Å²) in [5.74, 6) is 0.678. The normalized spacial score (nSPS) is 11.2. The van der Waals surface area contributed by atoms with E-state index < -0.39 is 11.7 Å². The number of halogens is 3. The van der Waals surface area contributed by atoms with Crippen molar-refractivity contribution in [1.29, 1.82) is 0 Å². The van der Waals surface area contributed by atoms with Gasteiger partial charge < -0.3 is 15.8 Å². The lowest BCUT2D eigenvalue weighted by Crippen LogP contribution is -2.05. The Balaban J connectivity index is 2.22. The van der Waals surface area contributed by atoms with Crippen molar-refractivity contribution in [3.63, 3.8) is 0 Å². The Labute approximate surface area is 113 Å². The van der Waals surface area contributed by atoms with Gasteiger partial charge in [0.15, 0.2) is 5.82 Å². The number of nitrogen functional groups attached to an aromatic ring is 1. The van der Waals surface area contributed by atoms with Crippen molar-refractivity contribution in [2.75, 3.05) is 18.2 Å². The molecule has 0 atom stereocenters. The molecule has 20 heavy (non-hydrogen) atoms. The van der Waals surface area contributed by atoms with Crippen LogP contribution in [0.4, 0.5) is 30.4 Å². The number of ether oxygens (including phenoxy) is 1. The summed E-state index contributed by atoms with van der Waals surface area (Å²) in [6, 6.07) is 7.77. The fourth-order valence-corrected chi connectivity index (χ4v) is 1.55. The van der Waals surface area contributed by atoms with Crippen molar-refractivity contribution in [3.05, 3.63) is 42.0 Å². The smallest absolute Gasteiger partial charge is 0.416 e. The molecule has 1 aromatic carbocycles. The first kappa shape index (κ1) is 14.0. The molecule has 0 aliphatic carbocycles. The maximum absolute atomic E-state index is 12.4. The monoisotopic (exact) mass is 283 g/mol. The third-order valence-corrected chi connectivity index (χ3v) is 2.59. The van der Waals surface area contributed by atoms with Crippen molar-refractivity contribution >= 4 is 17.2 Å². The van der Waals surface area contributed by atoms with Crippen LogP contribution in [-0.2, 0) is 6.18 Å². The minimum atomic E-state index is -4.36. The van der Waals surface area contributed by atoms with Gasteiger partial charge in [-0.15, -0.1) is 0 Å². The van der Waals surface area contributed by atoms with E-state index in [0.29, 0.717) is 23.1 Å². The number of alkyl halides is 3. The first-order chi connectivity index (χ1) is 9.40. The standard InChI is InChI=1S/C13H12F3N3O/c1-20-11-7-6-10(17)12(19-11)18-9-4-2-8(3-5-9)13(14,15)16/h2-7H,17H2,1H3,(H,18,19). The summed E-state index contributed by atoms with van der Waals surface area (Å²) < 4.78 is 42.3. The highest BCUT2D eigenvalue weighted by Crippen LogP contribution is 2.31. The number of pyridine rings is 1. The van der Waals surface area contributed by atoms with Gasteiger partial charge in [-0.05, 0) is 30.3 Å². The summed E-state index contributed by atoms with van der Waals surface area (Å²) in [6.45, 7) is 0. The molecule has 0 aliphatic heterocycles. The zero-order valence-corrected chi connectivity index (χ0v) is 10.5. The fraction of sp³-hybridized carbons (Fsp3) is 0.154. The molecule has 1 heterocycles. The SMILES string of the molecule is COc1ccc(N)c(Nc2ccc(C(F)(F)F)cc2)n1. The lowest BCUT2D eigenvalue weighted by atomic mass is 10.2. The van der Waals surface area contributed by atoms with Crippen molar-refractivity contribution < 1.29 is 17.9 Å². The maximum Gasteiger partial charge on any atom is 0.416 e. The average Bonchev–Trinajstić information content (AvgIpc) is 2.41. The lowest BCUT2D eigenvalue weighted by Gasteiger charge is -2.11. The quantitative estimate of drug-likeness (QED) is 0.906. The molecule has 0 aliphatic rings. The highest BCUT2D eigenvalue weighted by molar-refractivity contribution is 5.69. The van der Waals surface area contributed by atoms with Gasteiger partial charge in [-0.3, -0.25) is 0 Å². The van der Waals surface area contributed by atoms with E-state index in [9.17, 15) is 13.2 Å². The van der Waals surface area contributed by atoms with E-state index in [-0.39, 0.29) is 0 Å². The van der Waals surface area contributed by atoms with Crippen LogP contribution in [0.5, 0.6) is 5.88 Å². The maximum atomic E-state index is 12.4. The molecule has 0 bridgehead atoms. The summed E-state index contributed by atoms with van der Waals surface area (Å²) >= 11 is 0. The van der Waals surface area contributed by atoms with E-state index in [2.05, 4.69) is 10.3 Å². The van der Waals surface area contributed by atoms with Crippen molar-refractivity contribution in [2.45, 2.75) is 6.18 Å². The average molecular weight is 283 g/mol. The zero-order chi connectivity index (χ0) is 14.8. The topological polar surface area (TPSA) is 60.2 Å². The van der Waals surface area contributed by atoms with Crippen LogP contribution < -0.4 is 15.8 Å². The number of nitrogens with two attached hydrogens (primary N) is 1. The molecular formula is C13H12F3N3O. The highest BCUT2D eigenvalue weighted by Gasteiger charge is 2.29. The molecular weight excluding hydrogens is 271 g/mol. The van der Waals surface area contributed by atoms with Gasteiger partial charge in [-0.1, -0.05) is 0 Å². The second-order valence-corrected chi connectivity index (χ2v) is 3.99. The molecule has 0 radical (unpaired) electrons. The summed E-state index contributed by atoms with van der Waals surface area (Å²) in [5.41, 5.74) is 5.83. The summed E-state index contributed by atoms with van der Waals surface area (Å²) in [5, 5.41) is 2.84. The first-order valence-electron chi connectivity index (χ1n) is 5.65. The summed E-state index contributed by atoms with van der Waals surface area (Å²) in [7, 11) is 1.46. The number of aromatic nitrogens is 1. The van der Waals surface area contributed by atoms with E-state index in [4.69, 9.17) is 10.5 Å². The Morgan fingerprint density at radius 2 is 1.75 bits per heavy atom. The zero-order valence-electron chi connectivity index (χ0n) is 10.5. The van der Waals surface area contributed by atoms with Crippen LogP contribution in [0.25, 0.3) is 0 Å². The van der Waals surface area contributed by atoms with Crippen LogP contribution in [0.15, 0.2) is 36.4 Å². The number of nitrogens with one attached hydrogen (secondary N) is 1. The molecule has 2 aromatic rings. The second-order valence-electron chi connectivity index (χ2n) is 3.99. The minimum absolute atomic E-state index is 0.323. The van der Waals surface area contributed by atoms with Crippen molar-refractivity contribution in [3.8, 4) is 5.88 Å². The van der Waals surface area contributed by atoms with Gasteiger partial charge in [0, 0.05) is 11.8 Å². The van der Waals surface area contributed by atoms with Gasteiger partial charge in [0.05, 0.1) is 18.4 Å². The molecule has 3 N–H and O–H groups in total. The Kier molecular flexibility index (Phi) is 3.69. The van der Waals surface area contributed by atoms with E-state index in [0.717, 1.165) is 12.1 Å². The number of anilines is 3. The fourth-order valence-electron chi connectivity index (χ4n) is 1.55. The minimum Gasteiger partial charge on any atom is -0.481 e. The Morgan fingerprint density at radius 1 is 1.10 bits per heavy atom. The van der Waals surface area contributed by atoms with E-state index in [1.165, 1.54) is 19.2 Å². The lowest BCUT2D eigenvalue weighted by molar-refractivity contribution is -0.137. The third-order valence-electron chi connectivity index (χ3n) is 2.59. The number of nitrogens with zero attached hydrogens (tertiary/aromatic N) is 1. The van der Waals surface area contributed by atoms with Crippen LogP contribution >= 0.6 is 0 Å². The van der Waals surface area contributed by atoms with Crippen LogP contribution in [0.3, 0.4) is 0 Å². The van der Waals surface area contributed by atoms with Gasteiger partial charge in [-0.2, -0.15) is 18.2 Å². The van der Waals surface area contributed by atoms with Gasteiger partial charge in [-0.25, -0.2) is 0 Å². The molecule has 1 aromatic heterocycles. The van der Waals surface area contributed by atoms with Crippen LogP contribution in [0.2, 0.25) is 0 Å². The number of methoxy groups -OCH3 is 1. The van der Waals surface area contributed by atoms with Crippen LogP contribution in [0, 0.1) is 0 Å². The molecule has 0 saturated carbocycles. The second kappa shape index (κ2) is 5.28. The Bertz CT molecular complexity index is 597. The van der Waals surface area contributed by atoms with Crippen LogP contribution in [-0.4, -0.2) is 12.1 Å². The molecule has 0 unspecified atom stereocenters. The van der Waals surface area contributed by atoms with Crippen LogP contribution in [0.1, 0.15) is 5.56 Å². The van der Waals surface area contributed by atoms with Crippen molar-refractivity contribution in [1.82, 2.24) is 4.98 Å². The molecule has 2 rings (SSSR count). The van der Waals surface area contributed by atoms with Gasteiger partial charge in [0.25, 0.3) is 0 Å². The Morgan fingerprint density at radius 3 is 2.30 bits per heavy atom. The predicted octanol–water partition coefficient (Wildman–Crippen LogP) is 3.43. The Hall–Kier alpha value is -2.44.